The van der Waals surface area contributed by atoms with Gasteiger partial charge in [0.15, 0.2) is 23.0 Å². The van der Waals surface area contributed by atoms with E-state index in [1.54, 1.807) is 15.6 Å². The number of methoxy groups -OCH3 is 1. The molecule has 1 spiro atoms. The smallest absolute Gasteiger partial charge is 0.451 e. The zero-order chi connectivity index (χ0) is 28.5. The van der Waals surface area contributed by atoms with Crippen molar-refractivity contribution < 1.29 is 37.3 Å². The van der Waals surface area contributed by atoms with Crippen molar-refractivity contribution >= 4 is 23.8 Å². The van der Waals surface area contributed by atoms with Crippen molar-refractivity contribution in [2.45, 2.75) is 34.9 Å². The maximum absolute atomic E-state index is 15.4. The highest BCUT2D eigenvalue weighted by Gasteiger charge is 2.71. The Balaban J connectivity index is 1.47. The first-order valence-electron chi connectivity index (χ1n) is 12.9. The number of nitrogens with zero attached hydrogens (tertiary/aromatic N) is 3. The van der Waals surface area contributed by atoms with Gasteiger partial charge in [0.2, 0.25) is 18.0 Å². The van der Waals surface area contributed by atoms with Gasteiger partial charge in [-0.1, -0.05) is 24.3 Å². The molecule has 41 heavy (non-hydrogen) atoms. The molecule has 1 aliphatic carbocycles. The Morgan fingerprint density at radius 2 is 1.98 bits per heavy atom. The fourth-order valence-electron chi connectivity index (χ4n) is 6.12. The number of ether oxygens (including phenoxy) is 4. The molecule has 0 N–H and O–H groups in total. The lowest BCUT2D eigenvalue weighted by Crippen LogP contribution is -2.68. The van der Waals surface area contributed by atoms with Crippen molar-refractivity contribution in [3.63, 3.8) is 0 Å². The normalized spacial score (nSPS) is 23.7. The highest BCUT2D eigenvalue weighted by Crippen LogP contribution is 2.56. The lowest BCUT2D eigenvalue weighted by molar-refractivity contribution is -0.0229. The number of carbonyl (C=O) groups is 2. The largest absolute Gasteiger partial charge is 0.510 e. The van der Waals surface area contributed by atoms with Crippen LogP contribution in [-0.2, 0) is 20.0 Å². The number of benzene rings is 2. The monoisotopic (exact) mass is 583 g/mol. The lowest BCUT2D eigenvalue weighted by Gasteiger charge is -2.52. The van der Waals surface area contributed by atoms with Gasteiger partial charge in [-0.25, -0.2) is 13.6 Å². The molecule has 1 unspecified atom stereocenters. The molecule has 1 amide bonds. The lowest BCUT2D eigenvalue weighted by atomic mass is 9.92. The molecule has 3 aromatic rings. The van der Waals surface area contributed by atoms with E-state index < -0.39 is 47.6 Å². The third-order valence-corrected chi connectivity index (χ3v) is 9.07. The first-order chi connectivity index (χ1) is 19.9. The van der Waals surface area contributed by atoms with Gasteiger partial charge < -0.3 is 23.8 Å². The van der Waals surface area contributed by atoms with Gasteiger partial charge in [0, 0.05) is 41.4 Å². The predicted octanol–water partition coefficient (Wildman–Crippen LogP) is 3.53. The van der Waals surface area contributed by atoms with Crippen LogP contribution in [0.4, 0.5) is 13.6 Å². The van der Waals surface area contributed by atoms with E-state index in [-0.39, 0.29) is 42.0 Å². The molecule has 1 aromatic heterocycles. The summed E-state index contributed by atoms with van der Waals surface area (Å²) < 4.78 is 52.3. The van der Waals surface area contributed by atoms with E-state index in [2.05, 4.69) is 4.74 Å². The molecule has 4 aliphatic rings. The molecule has 212 valence electrons. The maximum Gasteiger partial charge on any atom is 0.510 e. The van der Waals surface area contributed by atoms with E-state index in [0.29, 0.717) is 12.0 Å². The fraction of sp³-hybridized carbons (Fsp3) is 0.321. The van der Waals surface area contributed by atoms with Crippen LogP contribution in [0.25, 0.3) is 0 Å². The molecule has 1 saturated heterocycles. The Kier molecular flexibility index (Phi) is 5.98. The van der Waals surface area contributed by atoms with Crippen LogP contribution in [0.15, 0.2) is 58.4 Å². The van der Waals surface area contributed by atoms with Gasteiger partial charge in [0.1, 0.15) is 6.10 Å². The highest BCUT2D eigenvalue weighted by atomic mass is 32.2. The Morgan fingerprint density at radius 1 is 1.15 bits per heavy atom. The number of pyridine rings is 1. The number of morpholine rings is 1. The molecule has 13 heteroatoms. The molecular weight excluding hydrogens is 560 g/mol. The van der Waals surface area contributed by atoms with Gasteiger partial charge in [0.25, 0.3) is 5.91 Å². The number of halogens is 2. The standard InChI is InChI=1S/C28H23F2N3O7S/c1-37-27(36)40-14-39-25-19(34)8-9-32-24(25)26(35)31-10-11-38-21-12-28(21,31)33(32)23-15-6-7-18(29)22(30)17(15)13-41-20-5-3-2-4-16(20)23/h2-9,21,23H,10-14H2,1H3/t21?,23-,28-/m0/s1. The van der Waals surface area contributed by atoms with Gasteiger partial charge in [0.05, 0.1) is 19.8 Å². The summed E-state index contributed by atoms with van der Waals surface area (Å²) in [5, 5.41) is 1.92. The van der Waals surface area contributed by atoms with Crippen molar-refractivity contribution in [3.05, 3.63) is 92.9 Å². The fourth-order valence-corrected chi connectivity index (χ4v) is 7.24. The number of hydrogen-bond acceptors (Lipinski definition) is 9. The van der Waals surface area contributed by atoms with Crippen molar-refractivity contribution in [1.29, 1.82) is 0 Å². The average molecular weight is 584 g/mol. The number of amides is 1. The summed E-state index contributed by atoms with van der Waals surface area (Å²) in [4.78, 5) is 41.1. The molecule has 2 fully saturated rings. The Labute approximate surface area is 236 Å². The van der Waals surface area contributed by atoms with Crippen molar-refractivity contribution in [3.8, 4) is 5.75 Å². The Bertz CT molecular complexity index is 1670. The van der Waals surface area contributed by atoms with Gasteiger partial charge in [-0.15, -0.1) is 11.8 Å². The summed E-state index contributed by atoms with van der Waals surface area (Å²) in [7, 11) is 1.13. The van der Waals surface area contributed by atoms with Crippen LogP contribution < -0.4 is 15.2 Å². The maximum atomic E-state index is 15.4. The molecule has 2 aromatic carbocycles. The number of carbonyl (C=O) groups excluding carboxylic acids is 2. The first kappa shape index (κ1) is 25.8. The topological polar surface area (TPSA) is 99.5 Å². The molecule has 1 saturated carbocycles. The summed E-state index contributed by atoms with van der Waals surface area (Å²) in [6.45, 7) is -0.141. The van der Waals surface area contributed by atoms with Crippen molar-refractivity contribution in [2.75, 3.05) is 32.1 Å². The number of thioether (sulfide) groups is 1. The van der Waals surface area contributed by atoms with Crippen LogP contribution in [0.3, 0.4) is 0 Å². The minimum absolute atomic E-state index is 0.0809. The molecule has 7 rings (SSSR count). The summed E-state index contributed by atoms with van der Waals surface area (Å²) in [5.41, 5.74) is -0.0599. The zero-order valence-electron chi connectivity index (χ0n) is 21.7. The third kappa shape index (κ3) is 3.75. The van der Waals surface area contributed by atoms with Crippen LogP contribution in [0.5, 0.6) is 5.75 Å². The van der Waals surface area contributed by atoms with Crippen molar-refractivity contribution in [1.82, 2.24) is 9.58 Å². The Hall–Kier alpha value is -4.10. The van der Waals surface area contributed by atoms with E-state index >= 15 is 4.39 Å². The second-order valence-corrected chi connectivity index (χ2v) is 11.0. The summed E-state index contributed by atoms with van der Waals surface area (Å²) in [5.74, 6) is -2.44. The number of hydrogen-bond donors (Lipinski definition) is 0. The van der Waals surface area contributed by atoms with Crippen LogP contribution >= 0.6 is 11.8 Å². The summed E-state index contributed by atoms with van der Waals surface area (Å²) >= 11 is 1.40. The average Bonchev–Trinajstić information content (AvgIpc) is 3.74. The van der Waals surface area contributed by atoms with E-state index in [0.717, 1.165) is 23.6 Å². The molecular formula is C28H23F2N3O7S. The second-order valence-electron chi connectivity index (χ2n) is 9.96. The van der Waals surface area contributed by atoms with Crippen LogP contribution in [0.2, 0.25) is 0 Å². The quantitative estimate of drug-likeness (QED) is 0.337. The van der Waals surface area contributed by atoms with Crippen LogP contribution in [0.1, 0.15) is 39.6 Å². The minimum atomic E-state index is -1.02. The number of rotatable bonds is 4. The minimum Gasteiger partial charge on any atom is -0.451 e. The molecule has 0 bridgehead atoms. The number of fused-ring (bicyclic) bond motifs is 3. The van der Waals surface area contributed by atoms with Gasteiger partial charge in [-0.05, 0) is 23.3 Å². The summed E-state index contributed by atoms with van der Waals surface area (Å²) in [6, 6.07) is 10.8. The molecule has 0 radical (unpaired) electrons. The van der Waals surface area contributed by atoms with Crippen LogP contribution in [0, 0.1) is 11.6 Å². The van der Waals surface area contributed by atoms with E-state index in [1.165, 1.54) is 24.0 Å². The first-order valence-corrected chi connectivity index (χ1v) is 13.9. The van der Waals surface area contributed by atoms with E-state index in [4.69, 9.17) is 14.2 Å². The predicted molar refractivity (Wildman–Crippen MR) is 140 cm³/mol. The summed E-state index contributed by atoms with van der Waals surface area (Å²) in [6.07, 6.45) is 0.572. The highest BCUT2D eigenvalue weighted by molar-refractivity contribution is 7.98. The SMILES string of the molecule is COC(=O)OCOc1c2n(ccc1=O)N([C@@H]1c3ccccc3SCc3c1ccc(F)c3F)[C@@]13CC1OCCN3C2=O. The zero-order valence-corrected chi connectivity index (χ0v) is 22.5. The molecule has 3 atom stereocenters. The molecule has 3 aliphatic heterocycles. The molecule has 4 heterocycles. The number of aromatic nitrogens is 1. The van der Waals surface area contributed by atoms with E-state index in [9.17, 15) is 18.8 Å². The van der Waals surface area contributed by atoms with Gasteiger partial charge >= 0.3 is 6.16 Å². The van der Waals surface area contributed by atoms with E-state index in [1.807, 2.05) is 29.3 Å². The second kappa shape index (κ2) is 9.48. The van der Waals surface area contributed by atoms with Crippen LogP contribution in [-0.4, -0.2) is 60.5 Å². The molecule has 10 nitrogen and oxygen atoms in total. The van der Waals surface area contributed by atoms with Crippen molar-refractivity contribution in [2.24, 2.45) is 0 Å². The third-order valence-electron chi connectivity index (χ3n) is 7.96. The Morgan fingerprint density at radius 3 is 2.80 bits per heavy atom. The van der Waals surface area contributed by atoms with Gasteiger partial charge in [-0.2, -0.15) is 0 Å². The van der Waals surface area contributed by atoms with Gasteiger partial charge in [-0.3, -0.25) is 19.3 Å².